The minimum atomic E-state index is -0.210. The highest BCUT2D eigenvalue weighted by molar-refractivity contribution is 6.01. The molecule has 0 aliphatic carbocycles. The highest BCUT2D eigenvalue weighted by Crippen LogP contribution is 2.28. The van der Waals surface area contributed by atoms with Gasteiger partial charge in [0.1, 0.15) is 6.04 Å². The summed E-state index contributed by atoms with van der Waals surface area (Å²) in [4.78, 5) is 26.2. The van der Waals surface area contributed by atoms with Crippen molar-refractivity contribution in [1.29, 1.82) is 0 Å². The molecule has 2 aromatic carbocycles. The third-order valence-corrected chi connectivity index (χ3v) is 4.84. The number of benzene rings is 2. The van der Waals surface area contributed by atoms with Gasteiger partial charge < -0.3 is 15.5 Å². The predicted octanol–water partition coefficient (Wildman–Crippen LogP) is 3.18. The lowest BCUT2D eigenvalue weighted by atomic mass is 10.1. The highest BCUT2D eigenvalue weighted by atomic mass is 16.2. The number of nitrogens with zero attached hydrogens (tertiary/aromatic N) is 1. The van der Waals surface area contributed by atoms with Crippen molar-refractivity contribution in [2.45, 2.75) is 31.7 Å². The number of carbonyl (C=O) groups is 2. The van der Waals surface area contributed by atoms with Crippen molar-refractivity contribution < 1.29 is 9.59 Å². The predicted molar refractivity (Wildman–Crippen MR) is 98.8 cm³/mol. The molecule has 0 bridgehead atoms. The maximum Gasteiger partial charge on any atom is 0.249 e. The number of carbonyl (C=O) groups excluding carboxylic acids is 2. The number of rotatable bonds is 3. The summed E-state index contributed by atoms with van der Waals surface area (Å²) in [5.74, 6) is 0.179. The largest absolute Gasteiger partial charge is 0.374 e. The molecule has 0 saturated carbocycles. The normalized spacial score (nSPS) is 20.0. The fourth-order valence-electron chi connectivity index (χ4n) is 3.54. The molecule has 0 spiro atoms. The summed E-state index contributed by atoms with van der Waals surface area (Å²) in [6.07, 6.45) is 3.07. The van der Waals surface area contributed by atoms with Crippen molar-refractivity contribution in [3.05, 3.63) is 54.1 Å². The van der Waals surface area contributed by atoms with E-state index in [9.17, 15) is 9.59 Å². The van der Waals surface area contributed by atoms with Crippen LogP contribution in [0.25, 0.3) is 0 Å². The van der Waals surface area contributed by atoms with Gasteiger partial charge in [-0.1, -0.05) is 18.2 Å². The monoisotopic (exact) mass is 335 g/mol. The first-order chi connectivity index (χ1) is 12.2. The highest BCUT2D eigenvalue weighted by Gasteiger charge is 2.32. The van der Waals surface area contributed by atoms with Gasteiger partial charge in [0.15, 0.2) is 0 Å². The second-order valence-electron chi connectivity index (χ2n) is 6.58. The number of fused-ring (bicyclic) bond motifs is 1. The SMILES string of the molecule is O=C1CCCc2cc(NC3CCN(c4ccccc4)C3=O)ccc2N1. The van der Waals surface area contributed by atoms with Gasteiger partial charge in [-0.2, -0.15) is 0 Å². The van der Waals surface area contributed by atoms with Crippen LogP contribution in [0.3, 0.4) is 0 Å². The molecule has 1 fully saturated rings. The van der Waals surface area contributed by atoms with E-state index in [1.807, 2.05) is 47.4 Å². The van der Waals surface area contributed by atoms with Gasteiger partial charge in [-0.05, 0) is 55.2 Å². The molecule has 2 heterocycles. The Balaban J connectivity index is 1.49. The second-order valence-corrected chi connectivity index (χ2v) is 6.58. The molecule has 2 aliphatic rings. The smallest absolute Gasteiger partial charge is 0.249 e. The summed E-state index contributed by atoms with van der Waals surface area (Å²) < 4.78 is 0. The molecule has 5 nitrogen and oxygen atoms in total. The van der Waals surface area contributed by atoms with Gasteiger partial charge in [0.2, 0.25) is 11.8 Å². The molecule has 2 amide bonds. The first-order valence-electron chi connectivity index (χ1n) is 8.76. The summed E-state index contributed by atoms with van der Waals surface area (Å²) in [7, 11) is 0. The Morgan fingerprint density at radius 1 is 1.04 bits per heavy atom. The molecule has 2 aromatic rings. The van der Waals surface area contributed by atoms with Gasteiger partial charge >= 0.3 is 0 Å². The van der Waals surface area contributed by atoms with Crippen molar-refractivity contribution in [2.75, 3.05) is 22.1 Å². The fraction of sp³-hybridized carbons (Fsp3) is 0.300. The van der Waals surface area contributed by atoms with E-state index in [0.717, 1.165) is 48.4 Å². The Morgan fingerprint density at radius 2 is 1.88 bits per heavy atom. The molecule has 1 atom stereocenters. The van der Waals surface area contributed by atoms with E-state index in [-0.39, 0.29) is 17.9 Å². The molecule has 25 heavy (non-hydrogen) atoms. The molecule has 5 heteroatoms. The number of anilines is 3. The fourth-order valence-corrected chi connectivity index (χ4v) is 3.54. The summed E-state index contributed by atoms with van der Waals surface area (Å²) in [6, 6.07) is 15.5. The van der Waals surface area contributed by atoms with Crippen LogP contribution in [0.1, 0.15) is 24.8 Å². The van der Waals surface area contributed by atoms with Gasteiger partial charge in [-0.25, -0.2) is 0 Å². The van der Waals surface area contributed by atoms with Gasteiger partial charge in [0.05, 0.1) is 0 Å². The Morgan fingerprint density at radius 3 is 2.72 bits per heavy atom. The Hall–Kier alpha value is -2.82. The van der Waals surface area contributed by atoms with E-state index in [4.69, 9.17) is 0 Å². The van der Waals surface area contributed by atoms with E-state index in [0.29, 0.717) is 6.42 Å². The average molecular weight is 335 g/mol. The maximum atomic E-state index is 12.7. The minimum Gasteiger partial charge on any atom is -0.374 e. The van der Waals surface area contributed by atoms with Crippen molar-refractivity contribution in [2.24, 2.45) is 0 Å². The zero-order valence-electron chi connectivity index (χ0n) is 14.0. The second kappa shape index (κ2) is 6.59. The average Bonchev–Trinajstić information content (AvgIpc) is 2.87. The molecule has 1 unspecified atom stereocenters. The van der Waals surface area contributed by atoms with E-state index >= 15 is 0 Å². The Bertz CT molecular complexity index is 804. The molecular weight excluding hydrogens is 314 g/mol. The third kappa shape index (κ3) is 3.22. The van der Waals surface area contributed by atoms with E-state index < -0.39 is 0 Å². The maximum absolute atomic E-state index is 12.7. The van der Waals surface area contributed by atoms with Crippen LogP contribution < -0.4 is 15.5 Å². The molecule has 0 aromatic heterocycles. The lowest BCUT2D eigenvalue weighted by molar-refractivity contribution is -0.118. The van der Waals surface area contributed by atoms with Crippen LogP contribution in [0, 0.1) is 0 Å². The molecule has 128 valence electrons. The number of nitrogens with one attached hydrogen (secondary N) is 2. The van der Waals surface area contributed by atoms with Crippen molar-refractivity contribution >= 4 is 28.9 Å². The molecule has 4 rings (SSSR count). The molecule has 1 saturated heterocycles. The Kier molecular flexibility index (Phi) is 4.14. The zero-order chi connectivity index (χ0) is 17.2. The van der Waals surface area contributed by atoms with Crippen LogP contribution in [0.15, 0.2) is 48.5 Å². The van der Waals surface area contributed by atoms with Gasteiger partial charge in [0, 0.05) is 30.0 Å². The lowest BCUT2D eigenvalue weighted by Gasteiger charge is -2.18. The minimum absolute atomic E-state index is 0.0731. The van der Waals surface area contributed by atoms with E-state index in [1.54, 1.807) is 0 Å². The molecule has 2 N–H and O–H groups in total. The van der Waals surface area contributed by atoms with E-state index in [2.05, 4.69) is 16.7 Å². The van der Waals surface area contributed by atoms with Crippen LogP contribution >= 0.6 is 0 Å². The summed E-state index contributed by atoms with van der Waals surface area (Å²) in [5.41, 5.74) is 3.89. The van der Waals surface area contributed by atoms with Crippen LogP contribution in [-0.2, 0) is 16.0 Å². The van der Waals surface area contributed by atoms with Gasteiger partial charge in [-0.15, -0.1) is 0 Å². The number of hydrogen-bond acceptors (Lipinski definition) is 3. The summed E-state index contributed by atoms with van der Waals surface area (Å²) in [6.45, 7) is 0.724. The number of para-hydroxylation sites is 1. The number of hydrogen-bond donors (Lipinski definition) is 2. The first kappa shape index (κ1) is 15.7. The zero-order valence-corrected chi connectivity index (χ0v) is 14.0. The summed E-state index contributed by atoms with van der Waals surface area (Å²) >= 11 is 0. The van der Waals surface area contributed by atoms with Crippen molar-refractivity contribution in [3.8, 4) is 0 Å². The van der Waals surface area contributed by atoms with Crippen molar-refractivity contribution in [3.63, 3.8) is 0 Å². The molecular formula is C20H21N3O2. The quantitative estimate of drug-likeness (QED) is 0.906. The van der Waals surface area contributed by atoms with Gasteiger partial charge in [0.25, 0.3) is 0 Å². The number of aryl methyl sites for hydroxylation is 1. The molecule has 2 aliphatic heterocycles. The van der Waals surface area contributed by atoms with Crippen molar-refractivity contribution in [1.82, 2.24) is 0 Å². The van der Waals surface area contributed by atoms with Gasteiger partial charge in [-0.3, -0.25) is 9.59 Å². The molecule has 0 radical (unpaired) electrons. The van der Waals surface area contributed by atoms with Crippen LogP contribution in [0.4, 0.5) is 17.1 Å². The topological polar surface area (TPSA) is 61.4 Å². The van der Waals surface area contributed by atoms with Crippen LogP contribution in [0.5, 0.6) is 0 Å². The van der Waals surface area contributed by atoms with Crippen LogP contribution in [-0.4, -0.2) is 24.4 Å². The standard InChI is InChI=1S/C20H21N3O2/c24-19-8-4-5-14-13-15(9-10-17(14)22-19)21-18-11-12-23(20(18)25)16-6-2-1-3-7-16/h1-3,6-7,9-10,13,18,21H,4-5,8,11-12H2,(H,22,24). The van der Waals surface area contributed by atoms with Crippen LogP contribution in [0.2, 0.25) is 0 Å². The lowest BCUT2D eigenvalue weighted by Crippen LogP contribution is -2.33. The number of amides is 2. The van der Waals surface area contributed by atoms with E-state index in [1.165, 1.54) is 0 Å². The third-order valence-electron chi connectivity index (χ3n) is 4.84. The first-order valence-corrected chi connectivity index (χ1v) is 8.76. The summed E-state index contributed by atoms with van der Waals surface area (Å²) in [5, 5.41) is 6.31. The Labute approximate surface area is 147 Å².